The number of nitrogens with one attached hydrogen (secondary N) is 1. The Labute approximate surface area is 81.7 Å². The van der Waals surface area contributed by atoms with Crippen LogP contribution in [-0.2, 0) is 0 Å². The molecule has 5 nitrogen and oxygen atoms in total. The topological polar surface area (TPSA) is 95.6 Å². The third kappa shape index (κ3) is 2.24. The zero-order valence-electron chi connectivity index (χ0n) is 7.69. The van der Waals surface area contributed by atoms with E-state index in [2.05, 4.69) is 5.32 Å². The summed E-state index contributed by atoms with van der Waals surface area (Å²) in [7, 11) is -0.137. The maximum Gasteiger partial charge on any atom is 0.488 e. The predicted octanol–water partition coefficient (Wildman–Crippen LogP) is -1.69. The molecule has 0 aliphatic heterocycles. The van der Waals surface area contributed by atoms with Crippen molar-refractivity contribution in [2.75, 3.05) is 12.8 Å². The van der Waals surface area contributed by atoms with Crippen LogP contribution < -0.4 is 16.5 Å². The Morgan fingerprint density at radius 3 is 2.57 bits per heavy atom. The van der Waals surface area contributed by atoms with Crippen LogP contribution in [0.1, 0.15) is 10.4 Å². The monoisotopic (exact) mass is 194 g/mol. The maximum absolute atomic E-state index is 11.2. The number of benzene rings is 1. The number of amides is 1. The normalized spacial score (nSPS) is 9.64. The minimum absolute atomic E-state index is 0.198. The second-order valence-electron chi connectivity index (χ2n) is 2.84. The fraction of sp³-hybridized carbons (Fsp3) is 0.125. The summed E-state index contributed by atoms with van der Waals surface area (Å²) in [4.78, 5) is 11.2. The van der Waals surface area contributed by atoms with Gasteiger partial charge in [-0.3, -0.25) is 4.79 Å². The average molecular weight is 194 g/mol. The van der Waals surface area contributed by atoms with E-state index in [1.165, 1.54) is 25.2 Å². The van der Waals surface area contributed by atoms with Gasteiger partial charge in [0.2, 0.25) is 0 Å². The first kappa shape index (κ1) is 10.6. The van der Waals surface area contributed by atoms with Gasteiger partial charge in [-0.2, -0.15) is 0 Å². The number of carbonyl (C=O) groups excluding carboxylic acids is 1. The van der Waals surface area contributed by atoms with Crippen molar-refractivity contribution in [1.82, 2.24) is 5.32 Å². The van der Waals surface area contributed by atoms with E-state index in [0.717, 1.165) is 0 Å². The molecule has 0 radical (unpaired) electrons. The second kappa shape index (κ2) is 4.12. The van der Waals surface area contributed by atoms with E-state index in [1.807, 2.05) is 0 Å². The zero-order chi connectivity index (χ0) is 10.7. The molecule has 0 aromatic heterocycles. The lowest BCUT2D eigenvalue weighted by atomic mass is 9.79. The van der Waals surface area contributed by atoms with Crippen molar-refractivity contribution in [1.29, 1.82) is 0 Å². The molecule has 5 N–H and O–H groups in total. The molecule has 14 heavy (non-hydrogen) atoms. The Morgan fingerprint density at radius 2 is 2.07 bits per heavy atom. The highest BCUT2D eigenvalue weighted by molar-refractivity contribution is 6.58. The third-order valence-electron chi connectivity index (χ3n) is 1.77. The lowest BCUT2D eigenvalue weighted by molar-refractivity contribution is 0.0963. The van der Waals surface area contributed by atoms with E-state index in [-0.39, 0.29) is 11.4 Å². The number of nitrogens with two attached hydrogens (primary N) is 1. The standard InChI is InChI=1S/C8H11BN2O3/c1-11-8(12)5-2-6(9(13)14)4-7(10)3-5/h2-4,13-14H,10H2,1H3,(H,11,12). The van der Waals surface area contributed by atoms with Crippen LogP contribution >= 0.6 is 0 Å². The predicted molar refractivity (Wildman–Crippen MR) is 54.1 cm³/mol. The van der Waals surface area contributed by atoms with Gasteiger partial charge in [-0.05, 0) is 23.7 Å². The summed E-state index contributed by atoms with van der Waals surface area (Å²) in [5, 5.41) is 20.2. The van der Waals surface area contributed by atoms with Gasteiger partial charge in [0.25, 0.3) is 5.91 Å². The van der Waals surface area contributed by atoms with Crippen molar-refractivity contribution in [3.8, 4) is 0 Å². The zero-order valence-corrected chi connectivity index (χ0v) is 7.69. The molecule has 0 saturated heterocycles. The smallest absolute Gasteiger partial charge is 0.423 e. The molecular formula is C8H11BN2O3. The largest absolute Gasteiger partial charge is 0.488 e. The molecule has 0 bridgehead atoms. The summed E-state index contributed by atoms with van der Waals surface area (Å²) in [5.41, 5.74) is 6.30. The first-order valence-electron chi connectivity index (χ1n) is 4.03. The van der Waals surface area contributed by atoms with Gasteiger partial charge in [-0.25, -0.2) is 0 Å². The van der Waals surface area contributed by atoms with Crippen molar-refractivity contribution >= 4 is 24.2 Å². The van der Waals surface area contributed by atoms with Gasteiger partial charge in [0, 0.05) is 18.3 Å². The highest BCUT2D eigenvalue weighted by Crippen LogP contribution is 2.05. The molecule has 1 amide bonds. The molecule has 0 spiro atoms. The van der Waals surface area contributed by atoms with E-state index in [4.69, 9.17) is 15.8 Å². The average Bonchev–Trinajstić information content (AvgIpc) is 2.15. The first-order chi connectivity index (χ1) is 6.54. The molecule has 0 atom stereocenters. The van der Waals surface area contributed by atoms with Gasteiger partial charge in [-0.15, -0.1) is 0 Å². The fourth-order valence-corrected chi connectivity index (χ4v) is 1.10. The number of anilines is 1. The van der Waals surface area contributed by atoms with Gasteiger partial charge < -0.3 is 21.1 Å². The van der Waals surface area contributed by atoms with Gasteiger partial charge in [-0.1, -0.05) is 0 Å². The van der Waals surface area contributed by atoms with Crippen LogP contribution in [0.15, 0.2) is 18.2 Å². The number of carbonyl (C=O) groups is 1. The molecule has 6 heteroatoms. The molecule has 0 aliphatic carbocycles. The quantitative estimate of drug-likeness (QED) is 0.333. The number of rotatable bonds is 2. The molecule has 0 heterocycles. The molecule has 0 saturated carbocycles. The molecular weight excluding hydrogens is 183 g/mol. The maximum atomic E-state index is 11.2. The second-order valence-corrected chi connectivity index (χ2v) is 2.84. The van der Waals surface area contributed by atoms with Crippen molar-refractivity contribution in [3.05, 3.63) is 23.8 Å². The number of hydrogen-bond donors (Lipinski definition) is 4. The van der Waals surface area contributed by atoms with E-state index in [1.54, 1.807) is 0 Å². The van der Waals surface area contributed by atoms with Gasteiger partial charge in [0.15, 0.2) is 0 Å². The minimum Gasteiger partial charge on any atom is -0.423 e. The fourth-order valence-electron chi connectivity index (χ4n) is 1.10. The summed E-state index contributed by atoms with van der Waals surface area (Å²) in [6, 6.07) is 4.24. The van der Waals surface area contributed by atoms with Crippen LogP contribution in [0.5, 0.6) is 0 Å². The molecule has 74 valence electrons. The molecule has 1 aromatic carbocycles. The van der Waals surface area contributed by atoms with Crippen molar-refractivity contribution in [3.63, 3.8) is 0 Å². The van der Waals surface area contributed by atoms with Gasteiger partial charge in [0.1, 0.15) is 0 Å². The Balaban J connectivity index is 3.13. The van der Waals surface area contributed by atoms with Gasteiger partial charge >= 0.3 is 7.12 Å². The van der Waals surface area contributed by atoms with Crippen LogP contribution in [-0.4, -0.2) is 30.1 Å². The van der Waals surface area contributed by atoms with Crippen LogP contribution in [0.25, 0.3) is 0 Å². The summed E-state index contributed by atoms with van der Waals surface area (Å²) in [6.07, 6.45) is 0. The van der Waals surface area contributed by atoms with E-state index >= 15 is 0 Å². The summed E-state index contributed by atoms with van der Waals surface area (Å²) in [5.74, 6) is -0.320. The van der Waals surface area contributed by atoms with Crippen LogP contribution in [0.3, 0.4) is 0 Å². The minimum atomic E-state index is -1.62. The third-order valence-corrected chi connectivity index (χ3v) is 1.77. The molecule has 0 fully saturated rings. The number of nitrogen functional groups attached to an aromatic ring is 1. The van der Waals surface area contributed by atoms with Gasteiger partial charge in [0.05, 0.1) is 0 Å². The summed E-state index contributed by atoms with van der Waals surface area (Å²) < 4.78 is 0. The summed E-state index contributed by atoms with van der Waals surface area (Å²) >= 11 is 0. The van der Waals surface area contributed by atoms with E-state index in [0.29, 0.717) is 11.3 Å². The SMILES string of the molecule is CNC(=O)c1cc(N)cc(B(O)O)c1. The van der Waals surface area contributed by atoms with E-state index < -0.39 is 7.12 Å². The van der Waals surface area contributed by atoms with Crippen LogP contribution in [0.2, 0.25) is 0 Å². The van der Waals surface area contributed by atoms with Crippen molar-refractivity contribution in [2.24, 2.45) is 0 Å². The van der Waals surface area contributed by atoms with Crippen LogP contribution in [0, 0.1) is 0 Å². The Hall–Kier alpha value is -1.53. The Kier molecular flexibility index (Phi) is 3.11. The molecule has 1 aromatic rings. The van der Waals surface area contributed by atoms with E-state index in [9.17, 15) is 4.79 Å². The lowest BCUT2D eigenvalue weighted by Crippen LogP contribution is -2.31. The highest BCUT2D eigenvalue weighted by Gasteiger charge is 2.14. The van der Waals surface area contributed by atoms with Crippen molar-refractivity contribution < 1.29 is 14.8 Å². The first-order valence-corrected chi connectivity index (χ1v) is 4.03. The van der Waals surface area contributed by atoms with Crippen molar-refractivity contribution in [2.45, 2.75) is 0 Å². The number of hydrogen-bond acceptors (Lipinski definition) is 4. The highest BCUT2D eigenvalue weighted by atomic mass is 16.4. The molecule has 0 aliphatic rings. The summed E-state index contributed by atoms with van der Waals surface area (Å²) in [6.45, 7) is 0. The Bertz CT molecular complexity index is 354. The molecule has 1 rings (SSSR count). The Morgan fingerprint density at radius 1 is 1.43 bits per heavy atom. The molecule has 0 unspecified atom stereocenters. The van der Waals surface area contributed by atoms with Crippen LogP contribution in [0.4, 0.5) is 5.69 Å². The lowest BCUT2D eigenvalue weighted by Gasteiger charge is -2.05.